The molecule has 1 N–H and O–H groups in total. The van der Waals surface area contributed by atoms with Crippen LogP contribution in [0, 0.1) is 0 Å². The molecule has 2 rings (SSSR count). The van der Waals surface area contributed by atoms with Crippen LogP contribution in [0.4, 0.5) is 17.6 Å². The first-order valence-corrected chi connectivity index (χ1v) is 5.55. The second kappa shape index (κ2) is 4.63. The van der Waals surface area contributed by atoms with E-state index in [1.165, 1.54) is 0 Å². The standard InChI is InChI=1S/C11H14ClN5/c1-16(2)11-15-14-10(17(11)3)13-9-6-4-8(12)5-7-9/h4-7H,1-3H3,(H,13,14). The highest BCUT2D eigenvalue weighted by molar-refractivity contribution is 6.30. The van der Waals surface area contributed by atoms with Crippen LogP contribution in [0.2, 0.25) is 5.02 Å². The minimum atomic E-state index is 0.691. The van der Waals surface area contributed by atoms with E-state index >= 15 is 0 Å². The Morgan fingerprint density at radius 3 is 2.35 bits per heavy atom. The second-order valence-electron chi connectivity index (χ2n) is 3.91. The number of halogens is 1. The quantitative estimate of drug-likeness (QED) is 0.909. The van der Waals surface area contributed by atoms with Gasteiger partial charge in [-0.05, 0) is 24.3 Å². The first-order valence-electron chi connectivity index (χ1n) is 5.17. The molecule has 0 amide bonds. The average Bonchev–Trinajstić information content (AvgIpc) is 2.64. The van der Waals surface area contributed by atoms with Gasteiger partial charge in [0.05, 0.1) is 0 Å². The molecule has 0 saturated carbocycles. The molecule has 17 heavy (non-hydrogen) atoms. The van der Waals surface area contributed by atoms with E-state index < -0.39 is 0 Å². The van der Waals surface area contributed by atoms with E-state index in [-0.39, 0.29) is 0 Å². The van der Waals surface area contributed by atoms with Gasteiger partial charge in [-0.25, -0.2) is 0 Å². The summed E-state index contributed by atoms with van der Waals surface area (Å²) in [6.45, 7) is 0. The van der Waals surface area contributed by atoms with E-state index in [0.717, 1.165) is 11.6 Å². The van der Waals surface area contributed by atoms with Crippen LogP contribution in [0.1, 0.15) is 0 Å². The van der Waals surface area contributed by atoms with E-state index in [0.29, 0.717) is 11.0 Å². The third kappa shape index (κ3) is 2.50. The predicted octanol–water partition coefficient (Wildman–Crippen LogP) is 2.28. The Bertz CT molecular complexity index is 503. The van der Waals surface area contributed by atoms with Crippen LogP contribution in [0.3, 0.4) is 0 Å². The van der Waals surface area contributed by atoms with E-state index in [4.69, 9.17) is 11.6 Å². The van der Waals surface area contributed by atoms with Crippen LogP contribution < -0.4 is 10.2 Å². The molecule has 0 unspecified atom stereocenters. The molecule has 0 saturated heterocycles. The molecule has 0 bridgehead atoms. The summed E-state index contributed by atoms with van der Waals surface area (Å²) >= 11 is 5.82. The number of hydrogen-bond acceptors (Lipinski definition) is 4. The molecule has 6 heteroatoms. The van der Waals surface area contributed by atoms with Gasteiger partial charge in [0.25, 0.3) is 0 Å². The maximum Gasteiger partial charge on any atom is 0.230 e. The Balaban J connectivity index is 2.22. The number of nitrogens with zero attached hydrogens (tertiary/aromatic N) is 4. The van der Waals surface area contributed by atoms with Gasteiger partial charge in [0.15, 0.2) is 0 Å². The first kappa shape index (κ1) is 11.7. The zero-order chi connectivity index (χ0) is 12.4. The van der Waals surface area contributed by atoms with Crippen molar-refractivity contribution in [3.8, 4) is 0 Å². The van der Waals surface area contributed by atoms with Gasteiger partial charge in [0, 0.05) is 31.9 Å². The van der Waals surface area contributed by atoms with E-state index in [2.05, 4.69) is 15.5 Å². The van der Waals surface area contributed by atoms with Gasteiger partial charge in [0.1, 0.15) is 0 Å². The molecule has 1 aromatic heterocycles. The van der Waals surface area contributed by atoms with Crippen molar-refractivity contribution in [3.05, 3.63) is 29.3 Å². The largest absolute Gasteiger partial charge is 0.347 e. The van der Waals surface area contributed by atoms with Crippen molar-refractivity contribution in [2.24, 2.45) is 7.05 Å². The second-order valence-corrected chi connectivity index (χ2v) is 4.35. The molecule has 1 heterocycles. The summed E-state index contributed by atoms with van der Waals surface area (Å²) in [5.74, 6) is 1.48. The number of anilines is 3. The van der Waals surface area contributed by atoms with Crippen LogP contribution in [0.5, 0.6) is 0 Å². The Hall–Kier alpha value is -1.75. The van der Waals surface area contributed by atoms with E-state index in [1.54, 1.807) is 0 Å². The van der Waals surface area contributed by atoms with Crippen molar-refractivity contribution in [1.29, 1.82) is 0 Å². The minimum absolute atomic E-state index is 0.691. The third-order valence-corrected chi connectivity index (χ3v) is 2.60. The zero-order valence-electron chi connectivity index (χ0n) is 9.98. The van der Waals surface area contributed by atoms with Gasteiger partial charge in [-0.15, -0.1) is 10.2 Å². The van der Waals surface area contributed by atoms with Gasteiger partial charge in [-0.2, -0.15) is 0 Å². The van der Waals surface area contributed by atoms with E-state index in [9.17, 15) is 0 Å². The molecule has 5 nitrogen and oxygen atoms in total. The van der Waals surface area contributed by atoms with Crippen LogP contribution in [-0.2, 0) is 7.05 Å². The monoisotopic (exact) mass is 251 g/mol. The summed E-state index contributed by atoms with van der Waals surface area (Å²) in [7, 11) is 5.76. The number of nitrogens with one attached hydrogen (secondary N) is 1. The molecule has 0 spiro atoms. The Morgan fingerprint density at radius 1 is 1.18 bits per heavy atom. The van der Waals surface area contributed by atoms with Crippen LogP contribution in [-0.4, -0.2) is 28.9 Å². The highest BCUT2D eigenvalue weighted by Crippen LogP contribution is 2.19. The molecule has 0 radical (unpaired) electrons. The molecular weight excluding hydrogens is 238 g/mol. The van der Waals surface area contributed by atoms with Gasteiger partial charge in [-0.1, -0.05) is 11.6 Å². The summed E-state index contributed by atoms with van der Waals surface area (Å²) < 4.78 is 1.88. The number of aromatic nitrogens is 3. The molecular formula is C11H14ClN5. The van der Waals surface area contributed by atoms with Crippen LogP contribution in [0.15, 0.2) is 24.3 Å². The molecule has 0 fully saturated rings. The summed E-state index contributed by atoms with van der Waals surface area (Å²) in [6, 6.07) is 7.44. The van der Waals surface area contributed by atoms with Crippen LogP contribution >= 0.6 is 11.6 Å². The first-order chi connectivity index (χ1) is 8.08. The lowest BCUT2D eigenvalue weighted by Gasteiger charge is -2.11. The number of rotatable bonds is 3. The van der Waals surface area contributed by atoms with Gasteiger partial charge < -0.3 is 10.2 Å². The fraction of sp³-hybridized carbons (Fsp3) is 0.273. The lowest BCUT2D eigenvalue weighted by molar-refractivity contribution is 0.873. The molecule has 0 atom stereocenters. The smallest absolute Gasteiger partial charge is 0.230 e. The Morgan fingerprint density at radius 2 is 1.82 bits per heavy atom. The van der Waals surface area contributed by atoms with Crippen molar-refractivity contribution in [1.82, 2.24) is 14.8 Å². The van der Waals surface area contributed by atoms with Crippen molar-refractivity contribution in [3.63, 3.8) is 0 Å². The molecule has 2 aromatic rings. The van der Waals surface area contributed by atoms with Gasteiger partial charge in [-0.3, -0.25) is 4.57 Å². The third-order valence-electron chi connectivity index (χ3n) is 2.35. The SMILES string of the molecule is CN(C)c1nnc(Nc2ccc(Cl)cc2)n1C. The average molecular weight is 252 g/mol. The molecule has 0 aliphatic heterocycles. The maximum atomic E-state index is 5.82. The summed E-state index contributed by atoms with van der Waals surface area (Å²) in [6.07, 6.45) is 0. The molecule has 0 aliphatic carbocycles. The zero-order valence-corrected chi connectivity index (χ0v) is 10.7. The molecule has 90 valence electrons. The molecule has 0 aliphatic rings. The highest BCUT2D eigenvalue weighted by atomic mass is 35.5. The van der Waals surface area contributed by atoms with E-state index in [1.807, 2.05) is 54.9 Å². The lowest BCUT2D eigenvalue weighted by atomic mass is 10.3. The van der Waals surface area contributed by atoms with Gasteiger partial charge in [0.2, 0.25) is 11.9 Å². The van der Waals surface area contributed by atoms with Crippen molar-refractivity contribution < 1.29 is 0 Å². The Labute approximate surface area is 105 Å². The van der Waals surface area contributed by atoms with Crippen LogP contribution in [0.25, 0.3) is 0 Å². The summed E-state index contributed by atoms with van der Waals surface area (Å²) in [4.78, 5) is 1.90. The van der Waals surface area contributed by atoms with Crippen molar-refractivity contribution in [2.45, 2.75) is 0 Å². The normalized spacial score (nSPS) is 10.4. The summed E-state index contributed by atoms with van der Waals surface area (Å²) in [5, 5.41) is 12.1. The fourth-order valence-corrected chi connectivity index (χ4v) is 1.61. The highest BCUT2D eigenvalue weighted by Gasteiger charge is 2.09. The predicted molar refractivity (Wildman–Crippen MR) is 70.1 cm³/mol. The number of benzene rings is 1. The lowest BCUT2D eigenvalue weighted by Crippen LogP contribution is -2.14. The minimum Gasteiger partial charge on any atom is -0.347 e. The van der Waals surface area contributed by atoms with Gasteiger partial charge >= 0.3 is 0 Å². The van der Waals surface area contributed by atoms with Crippen molar-refractivity contribution >= 4 is 29.2 Å². The fourth-order valence-electron chi connectivity index (χ4n) is 1.48. The molecule has 1 aromatic carbocycles. The Kier molecular flexibility index (Phi) is 3.19. The number of hydrogen-bond donors (Lipinski definition) is 1. The summed E-state index contributed by atoms with van der Waals surface area (Å²) in [5.41, 5.74) is 0.926. The van der Waals surface area contributed by atoms with Crippen molar-refractivity contribution in [2.75, 3.05) is 24.3 Å². The topological polar surface area (TPSA) is 46.0 Å². The maximum absolute atomic E-state index is 5.82.